The van der Waals surface area contributed by atoms with E-state index < -0.39 is 42.5 Å². The van der Waals surface area contributed by atoms with Gasteiger partial charge in [-0.25, -0.2) is 9.59 Å². The highest BCUT2D eigenvalue weighted by atomic mass is 19.4. The molecule has 0 aliphatic rings. The van der Waals surface area contributed by atoms with Crippen molar-refractivity contribution < 1.29 is 32.6 Å². The standard InChI is InChI=1S/C11H19F3N2O4/c1-9(2,3)20-7(17)10(4,19)5-15-8(18)16-6-11(12,13)14/h19H,5-6H2,1-4H3,(H2,15,16,18)/t10-/m0/s1. The number of aliphatic hydroxyl groups is 1. The maximum atomic E-state index is 11.8. The van der Waals surface area contributed by atoms with Crippen LogP contribution in [0.2, 0.25) is 0 Å². The molecule has 0 aromatic carbocycles. The summed E-state index contributed by atoms with van der Waals surface area (Å²) in [6, 6.07) is -1.15. The van der Waals surface area contributed by atoms with Crippen molar-refractivity contribution >= 4 is 12.0 Å². The van der Waals surface area contributed by atoms with Crippen LogP contribution >= 0.6 is 0 Å². The molecule has 0 aliphatic carbocycles. The van der Waals surface area contributed by atoms with Gasteiger partial charge in [-0.05, 0) is 27.7 Å². The molecule has 2 amide bonds. The van der Waals surface area contributed by atoms with Gasteiger partial charge in [0, 0.05) is 0 Å². The minimum absolute atomic E-state index is 0.578. The van der Waals surface area contributed by atoms with E-state index in [0.717, 1.165) is 6.92 Å². The molecule has 0 aromatic heterocycles. The quantitative estimate of drug-likeness (QED) is 0.674. The Kier molecular flexibility index (Phi) is 5.82. The number of halogens is 3. The number of amides is 2. The van der Waals surface area contributed by atoms with Crippen molar-refractivity contribution in [2.24, 2.45) is 0 Å². The lowest BCUT2D eigenvalue weighted by atomic mass is 10.1. The molecular weight excluding hydrogens is 281 g/mol. The fourth-order valence-corrected chi connectivity index (χ4v) is 0.956. The van der Waals surface area contributed by atoms with Crippen LogP contribution in [0, 0.1) is 0 Å². The molecule has 1 atom stereocenters. The summed E-state index contributed by atoms with van der Waals surface area (Å²) in [6.07, 6.45) is -4.54. The molecule has 20 heavy (non-hydrogen) atoms. The predicted molar refractivity (Wildman–Crippen MR) is 63.9 cm³/mol. The fourth-order valence-electron chi connectivity index (χ4n) is 0.956. The summed E-state index contributed by atoms with van der Waals surface area (Å²) in [5, 5.41) is 13.3. The van der Waals surface area contributed by atoms with Crippen LogP contribution in [0.15, 0.2) is 0 Å². The van der Waals surface area contributed by atoms with E-state index in [0.29, 0.717) is 0 Å². The Morgan fingerprint density at radius 3 is 1.90 bits per heavy atom. The Hall–Kier alpha value is -1.51. The van der Waals surface area contributed by atoms with Gasteiger partial charge in [0.25, 0.3) is 0 Å². The molecular formula is C11H19F3N2O4. The minimum atomic E-state index is -4.54. The zero-order valence-corrected chi connectivity index (χ0v) is 11.7. The smallest absolute Gasteiger partial charge is 0.405 e. The number of ether oxygens (including phenoxy) is 1. The van der Waals surface area contributed by atoms with Crippen molar-refractivity contribution in [1.82, 2.24) is 10.6 Å². The summed E-state index contributed by atoms with van der Waals surface area (Å²) in [5.41, 5.74) is -2.87. The second-order valence-electron chi connectivity index (χ2n) is 5.43. The number of carbonyl (C=O) groups excluding carboxylic acids is 2. The zero-order chi connectivity index (χ0) is 16.2. The first-order chi connectivity index (χ1) is 8.73. The normalized spacial score (nSPS) is 15.2. The molecule has 0 unspecified atom stereocenters. The number of alkyl halides is 3. The van der Waals surface area contributed by atoms with Gasteiger partial charge in [0.2, 0.25) is 0 Å². The molecule has 0 fully saturated rings. The van der Waals surface area contributed by atoms with Crippen molar-refractivity contribution in [1.29, 1.82) is 0 Å². The third-order valence-electron chi connectivity index (χ3n) is 1.88. The van der Waals surface area contributed by atoms with Crippen molar-refractivity contribution in [2.45, 2.75) is 45.1 Å². The summed E-state index contributed by atoms with van der Waals surface area (Å²) < 4.78 is 40.4. The first-order valence-electron chi connectivity index (χ1n) is 5.77. The van der Waals surface area contributed by atoms with E-state index in [-0.39, 0.29) is 0 Å². The Morgan fingerprint density at radius 1 is 1.05 bits per heavy atom. The van der Waals surface area contributed by atoms with E-state index in [9.17, 15) is 27.9 Å². The van der Waals surface area contributed by atoms with Crippen LogP contribution in [0.1, 0.15) is 27.7 Å². The Labute approximate surface area is 114 Å². The molecule has 0 aromatic rings. The third-order valence-corrected chi connectivity index (χ3v) is 1.88. The molecule has 0 bridgehead atoms. The third kappa shape index (κ3) is 8.57. The molecule has 6 nitrogen and oxygen atoms in total. The largest absolute Gasteiger partial charge is 0.458 e. The van der Waals surface area contributed by atoms with E-state index in [2.05, 4.69) is 0 Å². The van der Waals surface area contributed by atoms with Gasteiger partial charge in [-0.15, -0.1) is 0 Å². The van der Waals surface area contributed by atoms with E-state index >= 15 is 0 Å². The lowest BCUT2D eigenvalue weighted by Crippen LogP contribution is -2.52. The summed E-state index contributed by atoms with van der Waals surface area (Å²) >= 11 is 0. The molecule has 0 spiro atoms. The Morgan fingerprint density at radius 2 is 1.50 bits per heavy atom. The number of hydrogen-bond acceptors (Lipinski definition) is 4. The molecule has 0 saturated heterocycles. The Balaban J connectivity index is 4.28. The van der Waals surface area contributed by atoms with Crippen LogP contribution in [0.25, 0.3) is 0 Å². The molecule has 9 heteroatoms. The molecule has 118 valence electrons. The second-order valence-corrected chi connectivity index (χ2v) is 5.43. The fraction of sp³-hybridized carbons (Fsp3) is 0.818. The number of urea groups is 1. The minimum Gasteiger partial charge on any atom is -0.458 e. The van der Waals surface area contributed by atoms with E-state index in [1.807, 2.05) is 5.32 Å². The van der Waals surface area contributed by atoms with Crippen LogP contribution in [0.4, 0.5) is 18.0 Å². The topological polar surface area (TPSA) is 87.7 Å². The van der Waals surface area contributed by atoms with Crippen LogP contribution in [0.5, 0.6) is 0 Å². The summed E-state index contributed by atoms with van der Waals surface area (Å²) in [5.74, 6) is -0.985. The highest BCUT2D eigenvalue weighted by Gasteiger charge is 2.35. The number of nitrogens with one attached hydrogen (secondary N) is 2. The number of rotatable bonds is 4. The van der Waals surface area contributed by atoms with Crippen LogP contribution in [-0.4, -0.2) is 47.6 Å². The number of esters is 1. The average molecular weight is 300 g/mol. The SMILES string of the molecule is CC(C)(C)OC(=O)[C@@](C)(O)CNC(=O)NCC(F)(F)F. The highest BCUT2D eigenvalue weighted by Crippen LogP contribution is 2.14. The first kappa shape index (κ1) is 18.5. The van der Waals surface area contributed by atoms with Gasteiger partial charge < -0.3 is 20.5 Å². The maximum Gasteiger partial charge on any atom is 0.405 e. The zero-order valence-electron chi connectivity index (χ0n) is 11.7. The van der Waals surface area contributed by atoms with Crippen LogP contribution in [-0.2, 0) is 9.53 Å². The second kappa shape index (κ2) is 6.29. The Bertz CT molecular complexity index is 362. The summed E-state index contributed by atoms with van der Waals surface area (Å²) in [4.78, 5) is 22.6. The lowest BCUT2D eigenvalue weighted by Gasteiger charge is -2.27. The van der Waals surface area contributed by atoms with Crippen LogP contribution < -0.4 is 10.6 Å². The van der Waals surface area contributed by atoms with E-state index in [4.69, 9.17) is 4.74 Å². The average Bonchev–Trinajstić information content (AvgIpc) is 2.20. The molecule has 0 rings (SSSR count). The van der Waals surface area contributed by atoms with Gasteiger partial charge in [-0.3, -0.25) is 0 Å². The summed E-state index contributed by atoms with van der Waals surface area (Å²) in [6.45, 7) is 3.77. The molecule has 0 aliphatic heterocycles. The van der Waals surface area contributed by atoms with Crippen molar-refractivity contribution in [3.05, 3.63) is 0 Å². The monoisotopic (exact) mass is 300 g/mol. The van der Waals surface area contributed by atoms with E-state index in [1.54, 1.807) is 26.1 Å². The first-order valence-corrected chi connectivity index (χ1v) is 5.77. The van der Waals surface area contributed by atoms with Crippen LogP contribution in [0.3, 0.4) is 0 Å². The number of hydrogen-bond donors (Lipinski definition) is 3. The van der Waals surface area contributed by atoms with Gasteiger partial charge in [0.05, 0.1) is 6.54 Å². The van der Waals surface area contributed by atoms with Gasteiger partial charge in [-0.2, -0.15) is 13.2 Å². The lowest BCUT2D eigenvalue weighted by molar-refractivity contribution is -0.174. The highest BCUT2D eigenvalue weighted by molar-refractivity contribution is 5.81. The van der Waals surface area contributed by atoms with E-state index in [1.165, 1.54) is 0 Å². The van der Waals surface area contributed by atoms with Crippen molar-refractivity contribution in [3.63, 3.8) is 0 Å². The van der Waals surface area contributed by atoms with Crippen molar-refractivity contribution in [2.75, 3.05) is 13.1 Å². The predicted octanol–water partition coefficient (Wildman–Crippen LogP) is 0.941. The molecule has 0 radical (unpaired) electrons. The maximum absolute atomic E-state index is 11.8. The molecule has 0 saturated carbocycles. The van der Waals surface area contributed by atoms with Gasteiger partial charge in [-0.1, -0.05) is 0 Å². The van der Waals surface area contributed by atoms with Gasteiger partial charge in [0.1, 0.15) is 12.1 Å². The molecule has 3 N–H and O–H groups in total. The van der Waals surface area contributed by atoms with Crippen molar-refractivity contribution in [3.8, 4) is 0 Å². The van der Waals surface area contributed by atoms with Gasteiger partial charge in [0.15, 0.2) is 5.60 Å². The number of carbonyl (C=O) groups is 2. The molecule has 0 heterocycles. The van der Waals surface area contributed by atoms with Gasteiger partial charge >= 0.3 is 18.2 Å². The summed E-state index contributed by atoms with van der Waals surface area (Å²) in [7, 11) is 0.